The van der Waals surface area contributed by atoms with Gasteiger partial charge in [0.25, 0.3) is 0 Å². The number of allylic oxidation sites excluding steroid dienone is 5. The van der Waals surface area contributed by atoms with Gasteiger partial charge in [0.05, 0.1) is 0 Å². The summed E-state index contributed by atoms with van der Waals surface area (Å²) in [7, 11) is 0. The maximum Gasteiger partial charge on any atom is 0.0430 e. The summed E-state index contributed by atoms with van der Waals surface area (Å²) >= 11 is 0. The van der Waals surface area contributed by atoms with Crippen LogP contribution >= 0.6 is 0 Å². The van der Waals surface area contributed by atoms with Gasteiger partial charge in [-0.25, -0.2) is 0 Å². The smallest absolute Gasteiger partial charge is 0.0430 e. The Hall–Kier alpha value is -2.02. The van der Waals surface area contributed by atoms with E-state index < -0.39 is 0 Å². The van der Waals surface area contributed by atoms with Gasteiger partial charge in [-0.1, -0.05) is 36.4 Å². The van der Waals surface area contributed by atoms with Crippen LogP contribution in [0.5, 0.6) is 0 Å². The third-order valence-electron chi connectivity index (χ3n) is 3.46. The molecule has 16 heavy (non-hydrogen) atoms. The van der Waals surface area contributed by atoms with Crippen LogP contribution in [0.15, 0.2) is 54.3 Å². The van der Waals surface area contributed by atoms with E-state index in [9.17, 15) is 0 Å². The summed E-state index contributed by atoms with van der Waals surface area (Å²) < 4.78 is 0. The van der Waals surface area contributed by atoms with Gasteiger partial charge in [-0.3, -0.25) is 0 Å². The van der Waals surface area contributed by atoms with Gasteiger partial charge in [0.15, 0.2) is 0 Å². The fraction of sp³-hybridized carbons (Fsp3) is 0.0667. The Morgan fingerprint density at radius 2 is 2.06 bits per heavy atom. The minimum absolute atomic E-state index is 0.391. The molecule has 0 saturated carbocycles. The predicted molar refractivity (Wildman–Crippen MR) is 67.0 cm³/mol. The third kappa shape index (κ3) is 0.951. The normalized spacial score (nSPS) is 23.1. The summed E-state index contributed by atoms with van der Waals surface area (Å²) in [6.45, 7) is 0. The van der Waals surface area contributed by atoms with Crippen molar-refractivity contribution in [3.63, 3.8) is 0 Å². The van der Waals surface area contributed by atoms with Crippen molar-refractivity contribution in [2.24, 2.45) is 5.92 Å². The van der Waals surface area contributed by atoms with E-state index >= 15 is 0 Å². The molecule has 3 aliphatic rings. The minimum atomic E-state index is 0.391. The van der Waals surface area contributed by atoms with Gasteiger partial charge in [-0.05, 0) is 34.2 Å². The van der Waals surface area contributed by atoms with Crippen molar-refractivity contribution < 1.29 is 0 Å². The molecule has 4 rings (SSSR count). The summed E-state index contributed by atoms with van der Waals surface area (Å²) in [5.74, 6) is 0.391. The molecule has 2 aliphatic carbocycles. The first-order valence-electron chi connectivity index (χ1n) is 5.60. The number of nitrogens with one attached hydrogen (secondary N) is 1. The van der Waals surface area contributed by atoms with Crippen molar-refractivity contribution in [2.75, 3.05) is 5.32 Å². The van der Waals surface area contributed by atoms with Gasteiger partial charge in [0.2, 0.25) is 0 Å². The molecule has 76 valence electrons. The van der Waals surface area contributed by atoms with Crippen molar-refractivity contribution in [3.05, 3.63) is 64.7 Å². The van der Waals surface area contributed by atoms with Crippen LogP contribution in [0.1, 0.15) is 0 Å². The third-order valence-corrected chi connectivity index (χ3v) is 3.46. The Balaban J connectivity index is 2.25. The van der Waals surface area contributed by atoms with Crippen molar-refractivity contribution in [3.8, 4) is 0 Å². The van der Waals surface area contributed by atoms with Crippen LogP contribution in [0.25, 0.3) is 11.6 Å². The monoisotopic (exact) mass is 205 g/mol. The van der Waals surface area contributed by atoms with Crippen LogP contribution in [0.4, 0.5) is 5.69 Å². The number of hydrogen-bond donors (Lipinski definition) is 1. The molecule has 1 unspecified atom stereocenters. The predicted octanol–water partition coefficient (Wildman–Crippen LogP) is 1.68. The van der Waals surface area contributed by atoms with Gasteiger partial charge in [-0.15, -0.1) is 0 Å². The molecule has 1 aromatic carbocycles. The highest BCUT2D eigenvalue weighted by Gasteiger charge is 2.21. The van der Waals surface area contributed by atoms with E-state index in [1.165, 1.54) is 27.4 Å². The maximum atomic E-state index is 3.50. The van der Waals surface area contributed by atoms with Gasteiger partial charge in [-0.2, -0.15) is 0 Å². The lowest BCUT2D eigenvalue weighted by Gasteiger charge is -2.19. The van der Waals surface area contributed by atoms with Gasteiger partial charge >= 0.3 is 0 Å². The molecule has 0 saturated heterocycles. The zero-order chi connectivity index (χ0) is 10.5. The molecule has 1 heteroatoms. The minimum Gasteiger partial charge on any atom is -0.358 e. The van der Waals surface area contributed by atoms with Crippen molar-refractivity contribution in [2.45, 2.75) is 0 Å². The fourth-order valence-electron chi connectivity index (χ4n) is 2.67. The molecule has 1 atom stereocenters. The average molecular weight is 205 g/mol. The SMILES string of the molecule is C1=CC2=c3cc4ccc3=CC=C(N4)C2C=C1. The largest absolute Gasteiger partial charge is 0.358 e. The quantitative estimate of drug-likeness (QED) is 0.679. The second kappa shape index (κ2) is 2.76. The number of fused-ring (bicyclic) bond motifs is 1. The maximum absolute atomic E-state index is 3.50. The number of rotatable bonds is 0. The molecule has 1 nitrogen and oxygen atoms in total. The second-order valence-electron chi connectivity index (χ2n) is 4.39. The van der Waals surface area contributed by atoms with Crippen LogP contribution in [0.2, 0.25) is 0 Å². The van der Waals surface area contributed by atoms with Crippen molar-refractivity contribution in [1.82, 2.24) is 0 Å². The molecule has 1 heterocycles. The standard InChI is InChI=1S/C15H11N/c1-2-4-13-12(3-1)14-9-11-7-5-10(14)6-8-15(13)16-11/h1-9,13,16H. The zero-order valence-electron chi connectivity index (χ0n) is 8.77. The topological polar surface area (TPSA) is 12.0 Å². The summed E-state index contributed by atoms with van der Waals surface area (Å²) in [4.78, 5) is 0. The lowest BCUT2D eigenvalue weighted by molar-refractivity contribution is 1.00. The van der Waals surface area contributed by atoms with Crippen molar-refractivity contribution in [1.29, 1.82) is 0 Å². The summed E-state index contributed by atoms with van der Waals surface area (Å²) in [5, 5.41) is 6.18. The van der Waals surface area contributed by atoms with Gasteiger partial charge < -0.3 is 5.32 Å². The Labute approximate surface area is 93.8 Å². The number of benzene rings is 1. The van der Waals surface area contributed by atoms with E-state index in [0.717, 1.165) is 0 Å². The lowest BCUT2D eigenvalue weighted by atomic mass is 9.91. The Bertz CT molecular complexity index is 687. The molecule has 0 amide bonds. The first kappa shape index (κ1) is 8.17. The summed E-state index contributed by atoms with van der Waals surface area (Å²) in [5.41, 5.74) is 3.88. The Morgan fingerprint density at radius 3 is 3.06 bits per heavy atom. The Morgan fingerprint density at radius 1 is 1.06 bits per heavy atom. The van der Waals surface area contributed by atoms with E-state index in [1.54, 1.807) is 0 Å². The highest BCUT2D eigenvalue weighted by Crippen LogP contribution is 2.30. The molecule has 0 radical (unpaired) electrons. The van der Waals surface area contributed by atoms with E-state index in [2.05, 4.69) is 60.0 Å². The highest BCUT2D eigenvalue weighted by molar-refractivity contribution is 5.75. The molecule has 1 N–H and O–H groups in total. The van der Waals surface area contributed by atoms with E-state index in [1.807, 2.05) is 0 Å². The molecule has 1 aromatic rings. The Kier molecular flexibility index (Phi) is 1.41. The molecular formula is C15H11N. The first-order chi connectivity index (χ1) is 7.92. The van der Waals surface area contributed by atoms with Crippen molar-refractivity contribution >= 4 is 17.3 Å². The van der Waals surface area contributed by atoms with Crippen LogP contribution < -0.4 is 15.8 Å². The summed E-state index contributed by atoms with van der Waals surface area (Å²) in [6, 6.07) is 6.58. The molecule has 0 aromatic heterocycles. The fourth-order valence-corrected chi connectivity index (χ4v) is 2.67. The highest BCUT2D eigenvalue weighted by atomic mass is 14.9. The number of hydrogen-bond acceptors (Lipinski definition) is 1. The average Bonchev–Trinajstić information content (AvgIpc) is 2.51. The molecular weight excluding hydrogens is 194 g/mol. The van der Waals surface area contributed by atoms with Crippen LogP contribution in [0, 0.1) is 5.92 Å². The first-order valence-corrected chi connectivity index (χ1v) is 5.60. The number of anilines is 1. The molecule has 1 aliphatic heterocycles. The second-order valence-corrected chi connectivity index (χ2v) is 4.39. The van der Waals surface area contributed by atoms with Gasteiger partial charge in [0.1, 0.15) is 0 Å². The molecule has 3 bridgehead atoms. The van der Waals surface area contributed by atoms with E-state index in [0.29, 0.717) is 5.92 Å². The van der Waals surface area contributed by atoms with Crippen LogP contribution in [-0.4, -0.2) is 0 Å². The van der Waals surface area contributed by atoms with Crippen LogP contribution in [-0.2, 0) is 0 Å². The summed E-state index contributed by atoms with van der Waals surface area (Å²) in [6.07, 6.45) is 13.1. The lowest BCUT2D eigenvalue weighted by Crippen LogP contribution is -2.26. The molecule has 0 spiro atoms. The van der Waals surface area contributed by atoms with Gasteiger partial charge in [0, 0.05) is 17.3 Å². The van der Waals surface area contributed by atoms with Crippen LogP contribution in [0.3, 0.4) is 0 Å². The van der Waals surface area contributed by atoms with E-state index in [4.69, 9.17) is 0 Å². The zero-order valence-corrected chi connectivity index (χ0v) is 8.77. The van der Waals surface area contributed by atoms with E-state index in [-0.39, 0.29) is 0 Å². The molecule has 0 fully saturated rings.